The van der Waals surface area contributed by atoms with Gasteiger partial charge in [-0.1, -0.05) is 23.7 Å². The summed E-state index contributed by atoms with van der Waals surface area (Å²) in [5.74, 6) is 5.65. The van der Waals surface area contributed by atoms with Crippen LogP contribution in [0.1, 0.15) is 26.9 Å². The number of hydrogen-bond acceptors (Lipinski definition) is 3. The predicted octanol–water partition coefficient (Wildman–Crippen LogP) is 3.57. The van der Waals surface area contributed by atoms with Gasteiger partial charge >= 0.3 is 0 Å². The van der Waals surface area contributed by atoms with Crippen molar-refractivity contribution in [1.29, 1.82) is 0 Å². The molecule has 0 saturated heterocycles. The number of nitrogens with one attached hydrogen (secondary N) is 1. The normalized spacial score (nSPS) is 12.7. The fourth-order valence-corrected chi connectivity index (χ4v) is 2.89. The molecule has 2 nitrogen and oxygen atoms in total. The number of nitrogens with two attached hydrogens (primary N) is 1. The quantitative estimate of drug-likeness (QED) is 0.658. The Morgan fingerprint density at radius 3 is 2.53 bits per heavy atom. The molecule has 0 amide bonds. The van der Waals surface area contributed by atoms with Gasteiger partial charge in [-0.05, 0) is 43.2 Å². The molecular weight excluding hydrogens is 252 g/mol. The van der Waals surface area contributed by atoms with Crippen LogP contribution in [0.15, 0.2) is 30.3 Å². The Morgan fingerprint density at radius 1 is 1.24 bits per heavy atom. The summed E-state index contributed by atoms with van der Waals surface area (Å²) in [5.41, 5.74) is 5.01. The van der Waals surface area contributed by atoms with Crippen molar-refractivity contribution in [3.05, 3.63) is 56.2 Å². The first-order chi connectivity index (χ1) is 8.11. The molecule has 1 aromatic carbocycles. The molecule has 0 bridgehead atoms. The third-order valence-corrected chi connectivity index (χ3v) is 4.21. The zero-order valence-electron chi connectivity index (χ0n) is 9.83. The maximum absolute atomic E-state index is 6.14. The van der Waals surface area contributed by atoms with Crippen molar-refractivity contribution in [3.8, 4) is 0 Å². The van der Waals surface area contributed by atoms with Gasteiger partial charge in [-0.3, -0.25) is 5.84 Å². The maximum Gasteiger partial charge on any atom is 0.0803 e. The average molecular weight is 267 g/mol. The molecular formula is C13H15ClN2S. The molecule has 0 saturated carbocycles. The first kappa shape index (κ1) is 12.6. The molecule has 3 N–H and O–H groups in total. The fraction of sp³-hybridized carbons (Fsp3) is 0.231. The fourth-order valence-electron chi connectivity index (χ4n) is 1.74. The minimum Gasteiger partial charge on any atom is -0.271 e. The molecule has 0 radical (unpaired) electrons. The molecule has 1 aromatic heterocycles. The van der Waals surface area contributed by atoms with E-state index in [0.717, 1.165) is 16.1 Å². The molecule has 1 atom stereocenters. The van der Waals surface area contributed by atoms with E-state index >= 15 is 0 Å². The topological polar surface area (TPSA) is 38.0 Å². The monoisotopic (exact) mass is 266 g/mol. The van der Waals surface area contributed by atoms with E-state index in [1.165, 1.54) is 9.75 Å². The van der Waals surface area contributed by atoms with Crippen LogP contribution in [0.4, 0.5) is 0 Å². The van der Waals surface area contributed by atoms with Gasteiger partial charge in [-0.25, -0.2) is 5.43 Å². The van der Waals surface area contributed by atoms with Gasteiger partial charge in [0.15, 0.2) is 0 Å². The molecule has 0 fully saturated rings. The number of halogens is 1. The molecule has 90 valence electrons. The Bertz CT molecular complexity index is 522. The largest absolute Gasteiger partial charge is 0.271 e. The summed E-state index contributed by atoms with van der Waals surface area (Å²) in [6.45, 7) is 4.08. The minimum absolute atomic E-state index is 0.00630. The summed E-state index contributed by atoms with van der Waals surface area (Å²) in [6, 6.07) is 10.2. The van der Waals surface area contributed by atoms with Crippen LogP contribution >= 0.6 is 22.9 Å². The van der Waals surface area contributed by atoms with Crippen LogP contribution in [0.2, 0.25) is 5.02 Å². The number of rotatable bonds is 3. The highest BCUT2D eigenvalue weighted by molar-refractivity contribution is 7.12. The smallest absolute Gasteiger partial charge is 0.0803 e. The van der Waals surface area contributed by atoms with Crippen molar-refractivity contribution in [2.75, 3.05) is 0 Å². The Balaban J connectivity index is 2.38. The third kappa shape index (κ3) is 2.69. The average Bonchev–Trinajstić information content (AvgIpc) is 2.71. The van der Waals surface area contributed by atoms with Crippen LogP contribution in [-0.4, -0.2) is 0 Å². The summed E-state index contributed by atoms with van der Waals surface area (Å²) >= 11 is 7.88. The third-order valence-electron chi connectivity index (χ3n) is 2.74. The number of hydrogen-bond donors (Lipinski definition) is 2. The van der Waals surface area contributed by atoms with Crippen molar-refractivity contribution in [3.63, 3.8) is 0 Å². The molecule has 0 aliphatic carbocycles. The first-order valence-corrected chi connectivity index (χ1v) is 6.60. The number of benzene rings is 1. The molecule has 2 rings (SSSR count). The maximum atomic E-state index is 6.14. The van der Waals surface area contributed by atoms with Gasteiger partial charge in [0.1, 0.15) is 0 Å². The number of thiophene rings is 1. The Kier molecular flexibility index (Phi) is 3.84. The van der Waals surface area contributed by atoms with E-state index in [-0.39, 0.29) is 6.04 Å². The van der Waals surface area contributed by atoms with Crippen molar-refractivity contribution in [1.82, 2.24) is 5.43 Å². The predicted molar refractivity (Wildman–Crippen MR) is 74.4 cm³/mol. The van der Waals surface area contributed by atoms with Crippen LogP contribution in [0.5, 0.6) is 0 Å². The summed E-state index contributed by atoms with van der Waals surface area (Å²) in [6.07, 6.45) is 0. The van der Waals surface area contributed by atoms with Crippen LogP contribution in [0.3, 0.4) is 0 Å². The van der Waals surface area contributed by atoms with E-state index in [0.29, 0.717) is 0 Å². The summed E-state index contributed by atoms with van der Waals surface area (Å²) in [5, 5.41) is 0.774. The lowest BCUT2D eigenvalue weighted by molar-refractivity contribution is 0.646. The van der Waals surface area contributed by atoms with Gasteiger partial charge in [-0.15, -0.1) is 11.3 Å². The van der Waals surface area contributed by atoms with Crippen molar-refractivity contribution >= 4 is 22.9 Å². The first-order valence-electron chi connectivity index (χ1n) is 5.40. The minimum atomic E-state index is 0.00630. The zero-order chi connectivity index (χ0) is 12.4. The van der Waals surface area contributed by atoms with Crippen LogP contribution in [-0.2, 0) is 0 Å². The standard InChI is InChI=1S/C13H15ClN2S/c1-8-3-5-10(7-11(8)14)13(16-15)12-6-4-9(2)17-12/h3-7,13,16H,15H2,1-2H3. The molecule has 0 spiro atoms. The Labute approximate surface area is 110 Å². The van der Waals surface area contributed by atoms with Crippen molar-refractivity contribution in [2.45, 2.75) is 19.9 Å². The summed E-state index contributed by atoms with van der Waals surface area (Å²) in [7, 11) is 0. The molecule has 4 heteroatoms. The summed E-state index contributed by atoms with van der Waals surface area (Å²) in [4.78, 5) is 2.48. The molecule has 1 unspecified atom stereocenters. The van der Waals surface area contributed by atoms with E-state index in [1.807, 2.05) is 19.1 Å². The van der Waals surface area contributed by atoms with Crippen LogP contribution < -0.4 is 11.3 Å². The van der Waals surface area contributed by atoms with Gasteiger partial charge in [0.25, 0.3) is 0 Å². The van der Waals surface area contributed by atoms with E-state index in [2.05, 4.69) is 30.5 Å². The second-order valence-electron chi connectivity index (χ2n) is 4.06. The lowest BCUT2D eigenvalue weighted by Crippen LogP contribution is -2.28. The van der Waals surface area contributed by atoms with E-state index in [1.54, 1.807) is 11.3 Å². The SMILES string of the molecule is Cc1ccc(C(NN)c2ccc(C)c(Cl)c2)s1. The highest BCUT2D eigenvalue weighted by atomic mass is 35.5. The van der Waals surface area contributed by atoms with E-state index in [4.69, 9.17) is 17.4 Å². The second-order valence-corrected chi connectivity index (χ2v) is 5.78. The Morgan fingerprint density at radius 2 is 2.00 bits per heavy atom. The highest BCUT2D eigenvalue weighted by Gasteiger charge is 2.14. The molecule has 0 aliphatic heterocycles. The van der Waals surface area contributed by atoms with Crippen LogP contribution in [0.25, 0.3) is 0 Å². The van der Waals surface area contributed by atoms with E-state index < -0.39 is 0 Å². The summed E-state index contributed by atoms with van der Waals surface area (Å²) < 4.78 is 0. The Hall–Kier alpha value is -0.870. The lowest BCUT2D eigenvalue weighted by atomic mass is 10.0. The number of aryl methyl sites for hydroxylation is 2. The van der Waals surface area contributed by atoms with Crippen LogP contribution in [0, 0.1) is 13.8 Å². The molecule has 1 heterocycles. The van der Waals surface area contributed by atoms with Crippen molar-refractivity contribution < 1.29 is 0 Å². The van der Waals surface area contributed by atoms with Gasteiger partial charge < -0.3 is 0 Å². The van der Waals surface area contributed by atoms with Gasteiger partial charge in [0.05, 0.1) is 6.04 Å². The highest BCUT2D eigenvalue weighted by Crippen LogP contribution is 2.29. The molecule has 17 heavy (non-hydrogen) atoms. The lowest BCUT2D eigenvalue weighted by Gasteiger charge is -2.15. The van der Waals surface area contributed by atoms with Gasteiger partial charge in [0, 0.05) is 14.8 Å². The second kappa shape index (κ2) is 5.19. The van der Waals surface area contributed by atoms with Gasteiger partial charge in [0.2, 0.25) is 0 Å². The molecule has 2 aromatic rings. The number of hydrazine groups is 1. The zero-order valence-corrected chi connectivity index (χ0v) is 11.4. The molecule has 0 aliphatic rings. The van der Waals surface area contributed by atoms with Gasteiger partial charge in [-0.2, -0.15) is 0 Å². The van der Waals surface area contributed by atoms with Crippen molar-refractivity contribution in [2.24, 2.45) is 5.84 Å². The van der Waals surface area contributed by atoms with E-state index in [9.17, 15) is 0 Å².